The van der Waals surface area contributed by atoms with Gasteiger partial charge in [0.1, 0.15) is 0 Å². The van der Waals surface area contributed by atoms with Crippen LogP contribution in [0.3, 0.4) is 0 Å². The van der Waals surface area contributed by atoms with Crippen LogP contribution in [-0.2, 0) is 0 Å². The summed E-state index contributed by atoms with van der Waals surface area (Å²) >= 11 is 0. The molecule has 1 aromatic heterocycles. The lowest BCUT2D eigenvalue weighted by molar-refractivity contribution is 0.648. The molecule has 4 rings (SSSR count). The van der Waals surface area contributed by atoms with Crippen LogP contribution >= 0.6 is 0 Å². The normalized spacial score (nSPS) is 18.1. The molecule has 0 amide bonds. The molecule has 2 aromatic carbocycles. The summed E-state index contributed by atoms with van der Waals surface area (Å²) in [5.41, 5.74) is 3.99. The van der Waals surface area contributed by atoms with E-state index in [1.165, 1.54) is 27.4 Å². The molecule has 0 saturated carbocycles. The maximum atomic E-state index is 2.48. The minimum atomic E-state index is 0.421. The van der Waals surface area contributed by atoms with Gasteiger partial charge in [-0.25, -0.2) is 0 Å². The quantitative estimate of drug-likeness (QED) is 0.569. The fourth-order valence-electron chi connectivity index (χ4n) is 3.23. The summed E-state index contributed by atoms with van der Waals surface area (Å²) < 4.78 is 2.48. The number of benzene rings is 2. The van der Waals surface area contributed by atoms with Gasteiger partial charge in [0.25, 0.3) is 0 Å². The number of hydrogen-bond donors (Lipinski definition) is 0. The third kappa shape index (κ3) is 1.63. The summed E-state index contributed by atoms with van der Waals surface area (Å²) in [6.45, 7) is 2.16. The van der Waals surface area contributed by atoms with E-state index in [0.717, 1.165) is 6.42 Å². The lowest BCUT2D eigenvalue weighted by Gasteiger charge is -2.18. The molecule has 1 aliphatic rings. The van der Waals surface area contributed by atoms with Crippen LogP contribution in [0.15, 0.2) is 66.8 Å². The molecule has 98 valence electrons. The van der Waals surface area contributed by atoms with Gasteiger partial charge >= 0.3 is 0 Å². The first-order chi connectivity index (χ1) is 9.84. The Kier molecular flexibility index (Phi) is 2.53. The second kappa shape index (κ2) is 4.38. The zero-order chi connectivity index (χ0) is 13.5. The molecular weight excluding hydrogens is 242 g/mol. The summed E-state index contributed by atoms with van der Waals surface area (Å²) in [5.74, 6) is 0. The summed E-state index contributed by atoms with van der Waals surface area (Å²) in [4.78, 5) is 0. The molecule has 1 heteroatoms. The van der Waals surface area contributed by atoms with Crippen LogP contribution in [0, 0.1) is 6.92 Å². The van der Waals surface area contributed by atoms with Gasteiger partial charge in [-0.05, 0) is 31.0 Å². The van der Waals surface area contributed by atoms with Gasteiger partial charge in [-0.2, -0.15) is 0 Å². The number of aryl methyl sites for hydroxylation is 1. The second-order valence-electron chi connectivity index (χ2n) is 5.52. The number of nitrogens with zero attached hydrogens (tertiary/aromatic N) is 1. The van der Waals surface area contributed by atoms with Gasteiger partial charge < -0.3 is 4.57 Å². The van der Waals surface area contributed by atoms with Crippen LogP contribution in [0.25, 0.3) is 21.8 Å². The van der Waals surface area contributed by atoms with Crippen molar-refractivity contribution in [3.05, 3.63) is 72.3 Å². The molecule has 0 radical (unpaired) electrons. The Morgan fingerprint density at radius 2 is 1.80 bits per heavy atom. The molecule has 0 saturated heterocycles. The van der Waals surface area contributed by atoms with Crippen molar-refractivity contribution in [1.82, 2.24) is 4.57 Å². The lowest BCUT2D eigenvalue weighted by Crippen LogP contribution is -2.06. The molecular formula is C19H17N. The van der Waals surface area contributed by atoms with Gasteiger partial charge in [0.2, 0.25) is 0 Å². The van der Waals surface area contributed by atoms with Crippen molar-refractivity contribution >= 4 is 21.8 Å². The molecule has 0 N–H and O–H groups in total. The number of aromatic nitrogens is 1. The van der Waals surface area contributed by atoms with Crippen LogP contribution in [0.5, 0.6) is 0 Å². The molecule has 0 aliphatic heterocycles. The van der Waals surface area contributed by atoms with Crippen molar-refractivity contribution in [2.75, 3.05) is 0 Å². The van der Waals surface area contributed by atoms with Crippen molar-refractivity contribution in [2.45, 2.75) is 19.4 Å². The summed E-state index contributed by atoms with van der Waals surface area (Å²) in [6.07, 6.45) is 9.91. The molecule has 0 bridgehead atoms. The predicted octanol–water partition coefficient (Wildman–Crippen LogP) is 5.16. The van der Waals surface area contributed by atoms with Crippen LogP contribution in [0.2, 0.25) is 0 Å². The largest absolute Gasteiger partial charge is 0.333 e. The van der Waals surface area contributed by atoms with Gasteiger partial charge in [-0.15, -0.1) is 0 Å². The Morgan fingerprint density at radius 3 is 2.65 bits per heavy atom. The fraction of sp³-hybridized carbons (Fsp3) is 0.158. The number of fused-ring (bicyclic) bond motifs is 3. The van der Waals surface area contributed by atoms with E-state index in [0.29, 0.717) is 6.04 Å². The maximum absolute atomic E-state index is 2.48. The number of rotatable bonds is 1. The van der Waals surface area contributed by atoms with E-state index < -0.39 is 0 Å². The monoisotopic (exact) mass is 259 g/mol. The van der Waals surface area contributed by atoms with Gasteiger partial charge in [-0.1, -0.05) is 54.6 Å². The summed E-state index contributed by atoms with van der Waals surface area (Å²) in [7, 11) is 0. The first-order valence-corrected chi connectivity index (χ1v) is 7.17. The minimum Gasteiger partial charge on any atom is -0.333 e. The fourth-order valence-corrected chi connectivity index (χ4v) is 3.23. The van der Waals surface area contributed by atoms with Crippen molar-refractivity contribution in [2.24, 2.45) is 0 Å². The molecule has 0 spiro atoms. The van der Waals surface area contributed by atoms with Gasteiger partial charge in [0.15, 0.2) is 0 Å². The molecule has 1 aliphatic carbocycles. The van der Waals surface area contributed by atoms with Crippen molar-refractivity contribution in [1.29, 1.82) is 0 Å². The third-order valence-electron chi connectivity index (χ3n) is 4.16. The third-order valence-corrected chi connectivity index (χ3v) is 4.16. The SMILES string of the molecule is Cc1ccc2c3ccccc3n(C3C=CC=CC3)c2c1. The van der Waals surface area contributed by atoms with Crippen LogP contribution in [0.1, 0.15) is 18.0 Å². The highest BCUT2D eigenvalue weighted by atomic mass is 15.0. The Labute approximate surface area is 118 Å². The zero-order valence-electron chi connectivity index (χ0n) is 11.6. The van der Waals surface area contributed by atoms with E-state index >= 15 is 0 Å². The summed E-state index contributed by atoms with van der Waals surface area (Å²) in [6, 6.07) is 15.9. The van der Waals surface area contributed by atoms with Gasteiger partial charge in [0, 0.05) is 21.8 Å². The van der Waals surface area contributed by atoms with Crippen molar-refractivity contribution in [3.8, 4) is 0 Å². The van der Waals surface area contributed by atoms with E-state index in [-0.39, 0.29) is 0 Å². The van der Waals surface area contributed by atoms with Crippen molar-refractivity contribution in [3.63, 3.8) is 0 Å². The Bertz CT molecular complexity index is 849. The Morgan fingerprint density at radius 1 is 0.950 bits per heavy atom. The Hall–Kier alpha value is -2.28. The maximum Gasteiger partial charge on any atom is 0.0560 e. The molecule has 0 fully saturated rings. The molecule has 1 nitrogen and oxygen atoms in total. The highest BCUT2D eigenvalue weighted by molar-refractivity contribution is 6.08. The molecule has 3 aromatic rings. The molecule has 20 heavy (non-hydrogen) atoms. The predicted molar refractivity (Wildman–Crippen MR) is 86.1 cm³/mol. The molecule has 1 atom stereocenters. The van der Waals surface area contributed by atoms with Crippen molar-refractivity contribution < 1.29 is 0 Å². The average molecular weight is 259 g/mol. The standard InChI is InChI=1S/C19H17N/c1-14-11-12-17-16-9-5-6-10-18(16)20(19(17)13-14)15-7-3-2-4-8-15/h2-7,9-13,15H,8H2,1H3. The molecule has 1 heterocycles. The first kappa shape index (κ1) is 11.5. The Balaban J connectivity index is 2.11. The highest BCUT2D eigenvalue weighted by Crippen LogP contribution is 2.34. The van der Waals surface area contributed by atoms with E-state index in [1.807, 2.05) is 0 Å². The average Bonchev–Trinajstić information content (AvgIpc) is 2.81. The smallest absolute Gasteiger partial charge is 0.0560 e. The van der Waals surface area contributed by atoms with Gasteiger partial charge in [-0.3, -0.25) is 0 Å². The van der Waals surface area contributed by atoms with Crippen LogP contribution in [0.4, 0.5) is 0 Å². The zero-order valence-corrected chi connectivity index (χ0v) is 11.6. The lowest BCUT2D eigenvalue weighted by atomic mass is 10.1. The molecule has 1 unspecified atom stereocenters. The topological polar surface area (TPSA) is 4.93 Å². The highest BCUT2D eigenvalue weighted by Gasteiger charge is 2.16. The van der Waals surface area contributed by atoms with Crippen LogP contribution in [-0.4, -0.2) is 4.57 Å². The van der Waals surface area contributed by atoms with E-state index in [1.54, 1.807) is 0 Å². The summed E-state index contributed by atoms with van der Waals surface area (Å²) in [5, 5.41) is 2.71. The van der Waals surface area contributed by atoms with Crippen LogP contribution < -0.4 is 0 Å². The second-order valence-corrected chi connectivity index (χ2v) is 5.52. The van der Waals surface area contributed by atoms with Gasteiger partial charge in [0.05, 0.1) is 6.04 Å². The van der Waals surface area contributed by atoms with E-state index in [4.69, 9.17) is 0 Å². The van der Waals surface area contributed by atoms with E-state index in [9.17, 15) is 0 Å². The minimum absolute atomic E-state index is 0.421. The first-order valence-electron chi connectivity index (χ1n) is 7.17. The van der Waals surface area contributed by atoms with E-state index in [2.05, 4.69) is 78.3 Å². The number of para-hydroxylation sites is 1. The number of allylic oxidation sites excluding steroid dienone is 4. The number of hydrogen-bond acceptors (Lipinski definition) is 0.